The van der Waals surface area contributed by atoms with Crippen LogP contribution in [0.2, 0.25) is 0 Å². The molecule has 0 saturated heterocycles. The van der Waals surface area contributed by atoms with Crippen LogP contribution in [-0.4, -0.2) is 0 Å². The van der Waals surface area contributed by atoms with Gasteiger partial charge in [0.2, 0.25) is 0 Å². The Labute approximate surface area is 69.7 Å². The van der Waals surface area contributed by atoms with Crippen LogP contribution in [0.4, 0.5) is 0 Å². The number of allylic oxidation sites excluding steroid dienone is 2. The lowest BCUT2D eigenvalue weighted by atomic mass is 9.58. The van der Waals surface area contributed by atoms with E-state index in [0.717, 1.165) is 11.8 Å². The first-order chi connectivity index (χ1) is 5.12. The van der Waals surface area contributed by atoms with Crippen molar-refractivity contribution in [2.75, 3.05) is 0 Å². The fraction of sp³-hybridized carbons (Fsp3) is 0.818. The quantitative estimate of drug-likeness (QED) is 0.464. The Bertz CT molecular complexity index is 202. The number of fused-ring (bicyclic) bond motifs is 2. The molecular weight excluding hydrogens is 132 g/mol. The molecule has 0 aromatic heterocycles. The van der Waals surface area contributed by atoms with E-state index in [2.05, 4.69) is 26.8 Å². The monoisotopic (exact) mass is 150 g/mol. The molecule has 0 spiro atoms. The Kier molecular flexibility index (Phi) is 1.42. The summed E-state index contributed by atoms with van der Waals surface area (Å²) in [5, 5.41) is 0. The summed E-state index contributed by atoms with van der Waals surface area (Å²) in [6.45, 7) is 7.15. The van der Waals surface area contributed by atoms with Crippen molar-refractivity contribution in [2.45, 2.75) is 40.0 Å². The molecule has 0 amide bonds. The topological polar surface area (TPSA) is 0 Å². The van der Waals surface area contributed by atoms with Crippen molar-refractivity contribution in [1.82, 2.24) is 0 Å². The van der Waals surface area contributed by atoms with E-state index < -0.39 is 0 Å². The van der Waals surface area contributed by atoms with E-state index in [-0.39, 0.29) is 0 Å². The van der Waals surface area contributed by atoms with E-state index in [9.17, 15) is 0 Å². The van der Waals surface area contributed by atoms with E-state index in [1.54, 1.807) is 5.57 Å². The molecule has 11 heavy (non-hydrogen) atoms. The van der Waals surface area contributed by atoms with Crippen molar-refractivity contribution >= 4 is 0 Å². The van der Waals surface area contributed by atoms with Crippen molar-refractivity contribution in [3.8, 4) is 0 Å². The van der Waals surface area contributed by atoms with Gasteiger partial charge in [-0.1, -0.05) is 25.5 Å². The summed E-state index contributed by atoms with van der Waals surface area (Å²) in [6, 6.07) is 0. The van der Waals surface area contributed by atoms with Crippen molar-refractivity contribution in [3.05, 3.63) is 11.6 Å². The molecule has 3 aliphatic carbocycles. The highest BCUT2D eigenvalue weighted by atomic mass is 14.4. The van der Waals surface area contributed by atoms with Gasteiger partial charge in [-0.25, -0.2) is 0 Å². The summed E-state index contributed by atoms with van der Waals surface area (Å²) in [5.41, 5.74) is 2.22. The molecule has 0 aromatic rings. The maximum Gasteiger partial charge on any atom is -0.0118 e. The lowest BCUT2D eigenvalue weighted by Gasteiger charge is -2.47. The van der Waals surface area contributed by atoms with E-state index in [0.29, 0.717) is 5.41 Å². The summed E-state index contributed by atoms with van der Waals surface area (Å²) in [6.07, 6.45) is 6.85. The molecule has 3 atom stereocenters. The minimum absolute atomic E-state index is 0.554. The minimum atomic E-state index is 0.554. The van der Waals surface area contributed by atoms with E-state index >= 15 is 0 Å². The second-order valence-corrected chi connectivity index (χ2v) is 4.77. The summed E-state index contributed by atoms with van der Waals surface area (Å²) in [5.74, 6) is 1.86. The van der Waals surface area contributed by atoms with Gasteiger partial charge in [-0.15, -0.1) is 0 Å². The minimum Gasteiger partial charge on any atom is -0.0791 e. The van der Waals surface area contributed by atoms with Crippen LogP contribution in [-0.2, 0) is 0 Å². The standard InChI is InChI=1S/C11H18/c1-8-7-11(3)5-4-10(8)6-9(11)2/h7,9-10H,4-6H2,1-3H3. The molecule has 0 heteroatoms. The molecule has 3 unspecified atom stereocenters. The summed E-state index contributed by atoms with van der Waals surface area (Å²) in [7, 11) is 0. The number of hydrogen-bond acceptors (Lipinski definition) is 0. The largest absolute Gasteiger partial charge is 0.0791 e. The molecule has 3 rings (SSSR count). The van der Waals surface area contributed by atoms with Crippen LogP contribution in [0, 0.1) is 17.3 Å². The van der Waals surface area contributed by atoms with Gasteiger partial charge in [-0.3, -0.25) is 0 Å². The molecule has 2 bridgehead atoms. The highest BCUT2D eigenvalue weighted by Gasteiger charge is 2.40. The molecular formula is C11H18. The summed E-state index contributed by atoms with van der Waals surface area (Å²) in [4.78, 5) is 0. The zero-order chi connectivity index (χ0) is 8.06. The predicted octanol–water partition coefficient (Wildman–Crippen LogP) is 3.39. The Hall–Kier alpha value is -0.260. The Morgan fingerprint density at radius 3 is 2.64 bits per heavy atom. The van der Waals surface area contributed by atoms with Gasteiger partial charge in [0.25, 0.3) is 0 Å². The lowest BCUT2D eigenvalue weighted by molar-refractivity contribution is 0.131. The predicted molar refractivity (Wildman–Crippen MR) is 48.4 cm³/mol. The Morgan fingerprint density at radius 2 is 2.27 bits per heavy atom. The Morgan fingerprint density at radius 1 is 1.55 bits per heavy atom. The summed E-state index contributed by atoms with van der Waals surface area (Å²) < 4.78 is 0. The van der Waals surface area contributed by atoms with Crippen LogP contribution in [0.5, 0.6) is 0 Å². The smallest absolute Gasteiger partial charge is 0.0118 e. The average molecular weight is 150 g/mol. The first kappa shape index (κ1) is 7.39. The van der Waals surface area contributed by atoms with Gasteiger partial charge in [-0.05, 0) is 43.4 Å². The molecule has 0 aliphatic heterocycles. The first-order valence-corrected chi connectivity index (χ1v) is 4.81. The SMILES string of the molecule is CC1=CC2(C)CCC1CC2C. The van der Waals surface area contributed by atoms with Crippen LogP contribution < -0.4 is 0 Å². The molecule has 0 heterocycles. The van der Waals surface area contributed by atoms with Crippen LogP contribution >= 0.6 is 0 Å². The van der Waals surface area contributed by atoms with Crippen molar-refractivity contribution in [1.29, 1.82) is 0 Å². The van der Waals surface area contributed by atoms with Crippen molar-refractivity contribution in [2.24, 2.45) is 17.3 Å². The van der Waals surface area contributed by atoms with Crippen molar-refractivity contribution in [3.63, 3.8) is 0 Å². The number of rotatable bonds is 0. The van der Waals surface area contributed by atoms with Crippen LogP contribution in [0.25, 0.3) is 0 Å². The molecule has 3 aliphatic rings. The summed E-state index contributed by atoms with van der Waals surface area (Å²) >= 11 is 0. The van der Waals surface area contributed by atoms with Gasteiger partial charge >= 0.3 is 0 Å². The van der Waals surface area contributed by atoms with Gasteiger partial charge in [0.15, 0.2) is 0 Å². The molecule has 0 radical (unpaired) electrons. The van der Waals surface area contributed by atoms with Crippen LogP contribution in [0.15, 0.2) is 11.6 Å². The zero-order valence-electron chi connectivity index (χ0n) is 7.85. The van der Waals surface area contributed by atoms with Gasteiger partial charge in [0, 0.05) is 0 Å². The van der Waals surface area contributed by atoms with E-state index in [4.69, 9.17) is 0 Å². The first-order valence-electron chi connectivity index (χ1n) is 4.81. The lowest BCUT2D eigenvalue weighted by Crippen LogP contribution is -2.36. The van der Waals surface area contributed by atoms with Crippen LogP contribution in [0.3, 0.4) is 0 Å². The molecule has 1 saturated carbocycles. The van der Waals surface area contributed by atoms with Gasteiger partial charge < -0.3 is 0 Å². The fourth-order valence-corrected chi connectivity index (χ4v) is 2.81. The third kappa shape index (κ3) is 0.953. The highest BCUT2D eigenvalue weighted by molar-refractivity contribution is 5.19. The highest BCUT2D eigenvalue weighted by Crippen LogP contribution is 2.51. The molecule has 0 N–H and O–H groups in total. The second kappa shape index (κ2) is 2.12. The maximum atomic E-state index is 2.54. The molecule has 0 nitrogen and oxygen atoms in total. The third-order valence-corrected chi connectivity index (χ3v) is 4.00. The van der Waals surface area contributed by atoms with Crippen LogP contribution in [0.1, 0.15) is 40.0 Å². The van der Waals surface area contributed by atoms with Gasteiger partial charge in [-0.2, -0.15) is 0 Å². The maximum absolute atomic E-state index is 2.54. The van der Waals surface area contributed by atoms with Gasteiger partial charge in [0.05, 0.1) is 0 Å². The molecule has 62 valence electrons. The number of hydrogen-bond donors (Lipinski definition) is 0. The zero-order valence-corrected chi connectivity index (χ0v) is 7.85. The Balaban J connectivity index is 2.37. The molecule has 0 aromatic carbocycles. The second-order valence-electron chi connectivity index (χ2n) is 4.77. The normalized spacial score (nSPS) is 49.2. The van der Waals surface area contributed by atoms with Gasteiger partial charge in [0.1, 0.15) is 0 Å². The average Bonchev–Trinajstić information content (AvgIpc) is 1.92. The molecule has 1 fully saturated rings. The van der Waals surface area contributed by atoms with E-state index in [1.807, 2.05) is 0 Å². The van der Waals surface area contributed by atoms with Crippen molar-refractivity contribution < 1.29 is 0 Å². The van der Waals surface area contributed by atoms with E-state index in [1.165, 1.54) is 19.3 Å². The third-order valence-electron chi connectivity index (χ3n) is 4.00. The fourth-order valence-electron chi connectivity index (χ4n) is 2.81.